The van der Waals surface area contributed by atoms with Crippen molar-refractivity contribution in [3.63, 3.8) is 0 Å². The van der Waals surface area contributed by atoms with Gasteiger partial charge in [0.05, 0.1) is 27.9 Å². The molecule has 0 aliphatic rings. The van der Waals surface area contributed by atoms with Gasteiger partial charge in [0.1, 0.15) is 11.6 Å². The molecule has 0 aromatic heterocycles. The number of halogens is 3. The number of amides is 1. The van der Waals surface area contributed by atoms with Gasteiger partial charge in [-0.3, -0.25) is 4.79 Å². The van der Waals surface area contributed by atoms with Gasteiger partial charge in [-0.2, -0.15) is 0 Å². The van der Waals surface area contributed by atoms with Crippen LogP contribution in [0.4, 0.5) is 10.1 Å². The summed E-state index contributed by atoms with van der Waals surface area (Å²) in [5, 5.41) is 2.85. The molecule has 1 amide bonds. The lowest BCUT2D eigenvalue weighted by atomic mass is 10.2. The van der Waals surface area contributed by atoms with Gasteiger partial charge in [-0.1, -0.05) is 11.6 Å². The number of rotatable bonds is 5. The minimum Gasteiger partial charge on any atom is -0.480 e. The third-order valence-corrected chi connectivity index (χ3v) is 4.16. The molecule has 0 saturated heterocycles. The Morgan fingerprint density at radius 2 is 1.96 bits per heavy atom. The van der Waals surface area contributed by atoms with Crippen LogP contribution in [0.15, 0.2) is 40.9 Å². The third kappa shape index (κ3) is 4.93. The summed E-state index contributed by atoms with van der Waals surface area (Å²) in [4.78, 5) is 23.9. The second-order valence-corrected chi connectivity index (χ2v) is 6.27. The Balaban J connectivity index is 2.12. The summed E-state index contributed by atoms with van der Waals surface area (Å²) in [5.41, 5.74) is 0.500. The number of hydrogen-bond acceptors (Lipinski definition) is 4. The molecule has 2 aromatic rings. The van der Waals surface area contributed by atoms with E-state index in [0.717, 1.165) is 0 Å². The van der Waals surface area contributed by atoms with E-state index in [2.05, 4.69) is 26.0 Å². The predicted molar refractivity (Wildman–Crippen MR) is 95.6 cm³/mol. The summed E-state index contributed by atoms with van der Waals surface area (Å²) in [6.07, 6.45) is -0.889. The molecular weight excluding hydrogens is 417 g/mol. The fourth-order valence-corrected chi connectivity index (χ4v) is 2.52. The van der Waals surface area contributed by atoms with E-state index < -0.39 is 23.8 Å². The Labute approximate surface area is 157 Å². The van der Waals surface area contributed by atoms with Crippen LogP contribution in [0.3, 0.4) is 0 Å². The molecule has 0 fully saturated rings. The molecule has 2 rings (SSSR count). The van der Waals surface area contributed by atoms with Crippen LogP contribution in [0.25, 0.3) is 0 Å². The molecule has 0 spiro atoms. The molecule has 0 bridgehead atoms. The molecule has 8 heteroatoms. The molecule has 132 valence electrons. The van der Waals surface area contributed by atoms with Gasteiger partial charge in [-0.25, -0.2) is 9.18 Å². The van der Waals surface area contributed by atoms with Crippen LogP contribution in [0.1, 0.15) is 17.3 Å². The molecule has 0 radical (unpaired) electrons. The smallest absolute Gasteiger partial charge is 0.337 e. The highest BCUT2D eigenvalue weighted by atomic mass is 79.9. The standard InChI is InChI=1S/C17H14BrClFNO4/c1-9(25-15-6-4-11(20)8-12(15)18)16(22)21-14-7-10(17(23)24-2)3-5-13(14)19/h3-9H,1-2H3,(H,21,22). The zero-order valence-corrected chi connectivity index (χ0v) is 15.7. The van der Waals surface area contributed by atoms with E-state index in [1.54, 1.807) is 0 Å². The zero-order chi connectivity index (χ0) is 18.6. The van der Waals surface area contributed by atoms with Crippen molar-refractivity contribution in [2.24, 2.45) is 0 Å². The molecule has 1 atom stereocenters. The molecule has 2 aromatic carbocycles. The van der Waals surface area contributed by atoms with E-state index in [9.17, 15) is 14.0 Å². The van der Waals surface area contributed by atoms with Crippen molar-refractivity contribution in [1.82, 2.24) is 0 Å². The lowest BCUT2D eigenvalue weighted by Gasteiger charge is -2.16. The normalized spacial score (nSPS) is 11.6. The lowest BCUT2D eigenvalue weighted by Crippen LogP contribution is -2.30. The van der Waals surface area contributed by atoms with Gasteiger partial charge in [0.2, 0.25) is 0 Å². The van der Waals surface area contributed by atoms with Crippen molar-refractivity contribution in [3.8, 4) is 5.75 Å². The number of hydrogen-bond donors (Lipinski definition) is 1. The number of carbonyl (C=O) groups is 2. The van der Waals surface area contributed by atoms with Crippen LogP contribution in [-0.2, 0) is 9.53 Å². The molecule has 25 heavy (non-hydrogen) atoms. The maximum absolute atomic E-state index is 13.1. The number of methoxy groups -OCH3 is 1. The summed E-state index contributed by atoms with van der Waals surface area (Å²) in [7, 11) is 1.26. The summed E-state index contributed by atoms with van der Waals surface area (Å²) in [6.45, 7) is 1.53. The topological polar surface area (TPSA) is 64.6 Å². The maximum Gasteiger partial charge on any atom is 0.337 e. The number of carbonyl (C=O) groups excluding carboxylic acids is 2. The third-order valence-electron chi connectivity index (χ3n) is 3.21. The second-order valence-electron chi connectivity index (χ2n) is 5.01. The Morgan fingerprint density at radius 3 is 2.60 bits per heavy atom. The SMILES string of the molecule is COC(=O)c1ccc(Cl)c(NC(=O)C(C)Oc2ccc(F)cc2Br)c1. The van der Waals surface area contributed by atoms with E-state index in [0.29, 0.717) is 10.2 Å². The average molecular weight is 431 g/mol. The van der Waals surface area contributed by atoms with E-state index in [1.165, 1.54) is 50.4 Å². The summed E-state index contributed by atoms with van der Waals surface area (Å²) in [6, 6.07) is 8.24. The monoisotopic (exact) mass is 429 g/mol. The second kappa shape index (κ2) is 8.31. The average Bonchev–Trinajstić information content (AvgIpc) is 2.58. The fraction of sp³-hybridized carbons (Fsp3) is 0.176. The Hall–Kier alpha value is -2.12. The number of ether oxygens (including phenoxy) is 2. The van der Waals surface area contributed by atoms with Gasteiger partial charge in [0.15, 0.2) is 6.10 Å². The van der Waals surface area contributed by atoms with Crippen molar-refractivity contribution in [2.45, 2.75) is 13.0 Å². The Morgan fingerprint density at radius 1 is 1.24 bits per heavy atom. The molecule has 0 aliphatic heterocycles. The van der Waals surface area contributed by atoms with E-state index in [-0.39, 0.29) is 16.3 Å². The maximum atomic E-state index is 13.1. The van der Waals surface area contributed by atoms with Crippen molar-refractivity contribution in [2.75, 3.05) is 12.4 Å². The van der Waals surface area contributed by atoms with Crippen LogP contribution in [0.5, 0.6) is 5.75 Å². The van der Waals surface area contributed by atoms with Gasteiger partial charge in [0.25, 0.3) is 5.91 Å². The van der Waals surface area contributed by atoms with Gasteiger partial charge < -0.3 is 14.8 Å². The molecule has 5 nitrogen and oxygen atoms in total. The van der Waals surface area contributed by atoms with Crippen LogP contribution in [0, 0.1) is 5.82 Å². The molecule has 0 heterocycles. The van der Waals surface area contributed by atoms with Crippen LogP contribution in [0.2, 0.25) is 5.02 Å². The number of esters is 1. The Bertz CT molecular complexity index is 815. The fourth-order valence-electron chi connectivity index (χ4n) is 1.92. The minimum absolute atomic E-state index is 0.247. The molecule has 1 unspecified atom stereocenters. The van der Waals surface area contributed by atoms with Gasteiger partial charge in [-0.05, 0) is 59.3 Å². The summed E-state index contributed by atoms with van der Waals surface area (Å²) in [5.74, 6) is -1.15. The summed E-state index contributed by atoms with van der Waals surface area (Å²) >= 11 is 9.21. The quantitative estimate of drug-likeness (QED) is 0.713. The Kier molecular flexibility index (Phi) is 6.39. The number of anilines is 1. The summed E-state index contributed by atoms with van der Waals surface area (Å²) < 4.78 is 23.6. The molecule has 0 aliphatic carbocycles. The van der Waals surface area contributed by atoms with Crippen molar-refractivity contribution in [1.29, 1.82) is 0 Å². The first kappa shape index (κ1) is 19.2. The van der Waals surface area contributed by atoms with E-state index in [4.69, 9.17) is 16.3 Å². The van der Waals surface area contributed by atoms with Gasteiger partial charge in [0, 0.05) is 0 Å². The lowest BCUT2D eigenvalue weighted by molar-refractivity contribution is -0.122. The number of nitrogens with one attached hydrogen (secondary N) is 1. The van der Waals surface area contributed by atoms with Gasteiger partial charge in [-0.15, -0.1) is 0 Å². The first-order valence-corrected chi connectivity index (χ1v) is 8.29. The largest absolute Gasteiger partial charge is 0.480 e. The van der Waals surface area contributed by atoms with Crippen molar-refractivity contribution in [3.05, 3.63) is 57.3 Å². The van der Waals surface area contributed by atoms with Crippen molar-refractivity contribution < 1.29 is 23.5 Å². The number of benzene rings is 2. The molecule has 0 saturated carbocycles. The van der Waals surface area contributed by atoms with E-state index >= 15 is 0 Å². The van der Waals surface area contributed by atoms with Crippen molar-refractivity contribution >= 4 is 45.1 Å². The highest BCUT2D eigenvalue weighted by Crippen LogP contribution is 2.27. The van der Waals surface area contributed by atoms with Crippen LogP contribution < -0.4 is 10.1 Å². The van der Waals surface area contributed by atoms with Crippen LogP contribution in [-0.4, -0.2) is 25.1 Å². The van der Waals surface area contributed by atoms with Gasteiger partial charge >= 0.3 is 5.97 Å². The van der Waals surface area contributed by atoms with E-state index in [1.807, 2.05) is 0 Å². The predicted octanol–water partition coefficient (Wildman–Crippen LogP) is 4.43. The highest BCUT2D eigenvalue weighted by molar-refractivity contribution is 9.10. The zero-order valence-electron chi connectivity index (χ0n) is 13.3. The molecular formula is C17H14BrClFNO4. The first-order valence-electron chi connectivity index (χ1n) is 7.12. The van der Waals surface area contributed by atoms with Crippen LogP contribution >= 0.6 is 27.5 Å². The first-order chi connectivity index (χ1) is 11.8. The minimum atomic E-state index is -0.889. The molecule has 1 N–H and O–H groups in total. The highest BCUT2D eigenvalue weighted by Gasteiger charge is 2.18.